The number of anilines is 3. The molecule has 8 nitrogen and oxygen atoms in total. The molecule has 2 atom stereocenters. The first kappa shape index (κ1) is 28.2. The van der Waals surface area contributed by atoms with E-state index in [1.165, 1.54) is 13.2 Å². The second kappa shape index (κ2) is 13.8. The Morgan fingerprint density at radius 3 is 2.46 bits per heavy atom. The minimum Gasteiger partial charge on any atom is -0.506 e. The molecule has 0 fully saturated rings. The fraction of sp³-hybridized carbons (Fsp3) is 0.185. The Morgan fingerprint density at radius 1 is 1.05 bits per heavy atom. The van der Waals surface area contributed by atoms with Crippen LogP contribution in [-0.2, 0) is 14.3 Å². The number of allylic oxidation sites excluding steroid dienone is 1. The lowest BCUT2D eigenvalue weighted by molar-refractivity contribution is -0.111. The molecule has 0 bridgehead atoms. The number of amides is 2. The van der Waals surface area contributed by atoms with E-state index in [0.717, 1.165) is 0 Å². The molecular formula is C27H27Br2N3O5. The molecule has 5 N–H and O–H groups in total. The summed E-state index contributed by atoms with van der Waals surface area (Å²) in [6.07, 6.45) is 1.64. The van der Waals surface area contributed by atoms with Gasteiger partial charge in [0.05, 0.1) is 22.0 Å². The van der Waals surface area contributed by atoms with Crippen molar-refractivity contribution in [1.29, 1.82) is 0 Å². The lowest BCUT2D eigenvalue weighted by Crippen LogP contribution is -2.28. The van der Waals surface area contributed by atoms with Crippen molar-refractivity contribution in [3.63, 3.8) is 0 Å². The van der Waals surface area contributed by atoms with E-state index in [9.17, 15) is 14.7 Å². The lowest BCUT2D eigenvalue weighted by atomic mass is 9.99. The summed E-state index contributed by atoms with van der Waals surface area (Å²) in [5.74, 6) is -0.395. The van der Waals surface area contributed by atoms with E-state index < -0.39 is 18.3 Å². The minimum absolute atomic E-state index is 0.0712. The molecule has 2 amide bonds. The van der Waals surface area contributed by atoms with Crippen LogP contribution in [0.3, 0.4) is 0 Å². The monoisotopic (exact) mass is 631 g/mol. The number of carbonyl (C=O) groups is 2. The molecule has 0 unspecified atom stereocenters. The molecular weight excluding hydrogens is 606 g/mol. The lowest BCUT2D eigenvalue weighted by Gasteiger charge is -2.27. The highest BCUT2D eigenvalue weighted by Crippen LogP contribution is 2.39. The molecule has 0 saturated carbocycles. The van der Waals surface area contributed by atoms with E-state index in [-0.39, 0.29) is 11.7 Å². The second-order valence-corrected chi connectivity index (χ2v) is 9.74. The van der Waals surface area contributed by atoms with E-state index in [1.807, 2.05) is 6.07 Å². The number of rotatable bonds is 10. The quantitative estimate of drug-likeness (QED) is 0.144. The molecule has 0 radical (unpaired) electrons. The normalized spacial score (nSPS) is 12.6. The summed E-state index contributed by atoms with van der Waals surface area (Å²) in [5.41, 5.74) is 7.78. The summed E-state index contributed by atoms with van der Waals surface area (Å²) in [5, 5.41) is 16.1. The molecule has 3 aromatic carbocycles. The van der Waals surface area contributed by atoms with Crippen LogP contribution in [0.1, 0.15) is 24.5 Å². The number of ether oxygens (including phenoxy) is 2. The number of benzene rings is 3. The molecule has 0 aliphatic heterocycles. The van der Waals surface area contributed by atoms with Gasteiger partial charge in [-0.1, -0.05) is 52.3 Å². The maximum Gasteiger partial charge on any atom is 0.412 e. The van der Waals surface area contributed by atoms with Gasteiger partial charge >= 0.3 is 6.09 Å². The number of nitrogen functional groups attached to an aromatic ring is 1. The highest BCUT2D eigenvalue weighted by molar-refractivity contribution is 9.11. The first-order valence-corrected chi connectivity index (χ1v) is 12.9. The van der Waals surface area contributed by atoms with Gasteiger partial charge in [0.25, 0.3) is 0 Å². The second-order valence-electron chi connectivity index (χ2n) is 7.97. The molecule has 0 spiro atoms. The van der Waals surface area contributed by atoms with Crippen molar-refractivity contribution in [2.75, 3.05) is 23.5 Å². The van der Waals surface area contributed by atoms with E-state index in [1.54, 1.807) is 66.7 Å². The number of carbonyl (C=O) groups excluding carboxylic acids is 2. The number of hydrogen-bond donors (Lipinski definition) is 4. The maximum atomic E-state index is 12.7. The summed E-state index contributed by atoms with van der Waals surface area (Å²) >= 11 is 6.74. The van der Waals surface area contributed by atoms with Crippen LogP contribution >= 0.6 is 31.9 Å². The molecule has 0 aromatic heterocycles. The highest BCUT2D eigenvalue weighted by atomic mass is 79.9. The Labute approximate surface area is 232 Å². The van der Waals surface area contributed by atoms with Crippen LogP contribution in [0, 0.1) is 0 Å². The SMILES string of the molecule is CO[C@H](CC/C=C/C(=O)Nc1ccccc1N)[C@H](OC(=O)Nc1ccccc1)c1cc(Br)cc(Br)c1O. The zero-order valence-electron chi connectivity index (χ0n) is 20.0. The first-order valence-electron chi connectivity index (χ1n) is 11.3. The van der Waals surface area contributed by atoms with Crippen LogP contribution in [0.5, 0.6) is 5.75 Å². The maximum absolute atomic E-state index is 12.7. The van der Waals surface area contributed by atoms with Crippen molar-refractivity contribution in [3.05, 3.63) is 93.4 Å². The number of phenolic OH excluding ortho intramolecular Hbond substituents is 1. The smallest absolute Gasteiger partial charge is 0.412 e. The summed E-state index contributed by atoms with van der Waals surface area (Å²) < 4.78 is 12.5. The zero-order chi connectivity index (χ0) is 26.8. The predicted molar refractivity (Wildman–Crippen MR) is 151 cm³/mol. The number of para-hydroxylation sites is 3. The largest absolute Gasteiger partial charge is 0.506 e. The Hall–Kier alpha value is -3.34. The van der Waals surface area contributed by atoms with Gasteiger partial charge in [-0.2, -0.15) is 0 Å². The molecule has 3 rings (SSSR count). The van der Waals surface area contributed by atoms with Gasteiger partial charge in [-0.05, 0) is 71.2 Å². The third-order valence-corrected chi connectivity index (χ3v) is 6.43. The average molecular weight is 633 g/mol. The number of methoxy groups -OCH3 is 1. The summed E-state index contributed by atoms with van der Waals surface area (Å²) in [7, 11) is 1.49. The van der Waals surface area contributed by atoms with Crippen LogP contribution in [0.25, 0.3) is 0 Å². The molecule has 0 aliphatic carbocycles. The van der Waals surface area contributed by atoms with Crippen molar-refractivity contribution in [1.82, 2.24) is 0 Å². The van der Waals surface area contributed by atoms with Crippen molar-refractivity contribution >= 4 is 60.9 Å². The Kier molecular flexibility index (Phi) is 10.6. The van der Waals surface area contributed by atoms with Crippen molar-refractivity contribution in [3.8, 4) is 5.75 Å². The predicted octanol–water partition coefficient (Wildman–Crippen LogP) is 6.78. The summed E-state index contributed by atoms with van der Waals surface area (Å²) in [4.78, 5) is 25.0. The van der Waals surface area contributed by atoms with Crippen molar-refractivity contribution in [2.24, 2.45) is 0 Å². The first-order chi connectivity index (χ1) is 17.8. The minimum atomic E-state index is -0.950. The molecule has 0 aliphatic rings. The van der Waals surface area contributed by atoms with Crippen LogP contribution in [0.2, 0.25) is 0 Å². The van der Waals surface area contributed by atoms with Crippen molar-refractivity contribution in [2.45, 2.75) is 25.0 Å². The van der Waals surface area contributed by atoms with Gasteiger partial charge in [0.2, 0.25) is 5.91 Å². The number of nitrogens with two attached hydrogens (primary N) is 1. The van der Waals surface area contributed by atoms with E-state index >= 15 is 0 Å². The third kappa shape index (κ3) is 8.34. The summed E-state index contributed by atoms with van der Waals surface area (Å²) in [6.45, 7) is 0. The van der Waals surface area contributed by atoms with Crippen LogP contribution in [0.4, 0.5) is 21.9 Å². The Bertz CT molecular complexity index is 1250. The molecule has 0 heterocycles. The molecule has 0 saturated heterocycles. The van der Waals surface area contributed by atoms with Gasteiger partial charge in [-0.15, -0.1) is 0 Å². The molecule has 194 valence electrons. The number of phenols is 1. The van der Waals surface area contributed by atoms with Gasteiger partial charge in [0.15, 0.2) is 6.10 Å². The van der Waals surface area contributed by atoms with E-state index in [0.29, 0.717) is 44.4 Å². The molecule has 3 aromatic rings. The standard InChI is InChI=1S/C27H27Br2N3O5/c1-36-23(13-7-8-14-24(33)32-22-12-6-5-11-21(22)30)26(19-15-17(28)16-20(29)25(19)34)37-27(35)31-18-9-3-2-4-10-18/h2-6,8-12,14-16,23,26,34H,7,13,30H2,1H3,(H,31,35)(H,32,33)/b14-8+/t23-,26-/m1/s1. The fourth-order valence-electron chi connectivity index (χ4n) is 3.56. The molecule has 37 heavy (non-hydrogen) atoms. The average Bonchev–Trinajstić information content (AvgIpc) is 2.87. The van der Waals surface area contributed by atoms with Gasteiger partial charge in [0, 0.05) is 22.8 Å². The van der Waals surface area contributed by atoms with Gasteiger partial charge in [0.1, 0.15) is 5.75 Å². The van der Waals surface area contributed by atoms with Gasteiger partial charge < -0.3 is 25.6 Å². The van der Waals surface area contributed by atoms with E-state index in [2.05, 4.69) is 42.5 Å². The number of halogens is 2. The van der Waals surface area contributed by atoms with Gasteiger partial charge in [-0.3, -0.25) is 10.1 Å². The number of aromatic hydroxyl groups is 1. The Balaban J connectivity index is 1.73. The van der Waals surface area contributed by atoms with Crippen molar-refractivity contribution < 1.29 is 24.2 Å². The summed E-state index contributed by atoms with van der Waals surface area (Å²) in [6, 6.07) is 19.2. The topological polar surface area (TPSA) is 123 Å². The highest BCUT2D eigenvalue weighted by Gasteiger charge is 2.30. The third-order valence-electron chi connectivity index (χ3n) is 5.36. The van der Waals surface area contributed by atoms with Crippen LogP contribution in [0.15, 0.2) is 87.8 Å². The zero-order valence-corrected chi connectivity index (χ0v) is 23.2. The Morgan fingerprint density at radius 2 is 1.76 bits per heavy atom. The van der Waals surface area contributed by atoms with Gasteiger partial charge in [-0.25, -0.2) is 4.79 Å². The number of nitrogens with one attached hydrogen (secondary N) is 2. The fourth-order valence-corrected chi connectivity index (χ4v) is 4.81. The van der Waals surface area contributed by atoms with Crippen LogP contribution < -0.4 is 16.4 Å². The molecule has 10 heteroatoms. The van der Waals surface area contributed by atoms with Crippen LogP contribution in [-0.4, -0.2) is 30.3 Å². The number of hydrogen-bond acceptors (Lipinski definition) is 6. The van der Waals surface area contributed by atoms with E-state index in [4.69, 9.17) is 15.2 Å².